The van der Waals surface area contributed by atoms with Crippen LogP contribution in [0.1, 0.15) is 39.0 Å². The maximum Gasteiger partial charge on any atom is 0.272 e. The van der Waals surface area contributed by atoms with Crippen LogP contribution in [0.25, 0.3) is 20.4 Å². The van der Waals surface area contributed by atoms with Gasteiger partial charge >= 0.3 is 0 Å². The fourth-order valence-corrected chi connectivity index (χ4v) is 6.40. The first-order valence-electron chi connectivity index (χ1n) is 10.9. The van der Waals surface area contributed by atoms with Gasteiger partial charge in [-0.25, -0.2) is 9.97 Å². The van der Waals surface area contributed by atoms with Crippen LogP contribution in [-0.2, 0) is 16.1 Å². The second-order valence-corrected chi connectivity index (χ2v) is 10.2. The van der Waals surface area contributed by atoms with E-state index in [0.29, 0.717) is 21.9 Å². The molecule has 9 heteroatoms. The molecule has 31 heavy (non-hydrogen) atoms. The van der Waals surface area contributed by atoms with Crippen molar-refractivity contribution in [1.29, 1.82) is 0 Å². The number of carbonyl (C=O) groups is 1. The van der Waals surface area contributed by atoms with Crippen LogP contribution >= 0.6 is 23.1 Å². The molecule has 3 aromatic rings. The lowest BCUT2D eigenvalue weighted by Crippen LogP contribution is -2.43. The second kappa shape index (κ2) is 8.88. The van der Waals surface area contributed by atoms with Crippen LogP contribution in [0.4, 0.5) is 0 Å². The molecule has 7 nitrogen and oxygen atoms in total. The number of nitrogens with zero attached hydrogens (tertiary/aromatic N) is 4. The fourth-order valence-electron chi connectivity index (χ4n) is 4.48. The summed E-state index contributed by atoms with van der Waals surface area (Å²) < 4.78 is 8.12. The van der Waals surface area contributed by atoms with Gasteiger partial charge in [0.05, 0.1) is 23.9 Å². The van der Waals surface area contributed by atoms with E-state index < -0.39 is 0 Å². The molecule has 0 spiro atoms. The van der Waals surface area contributed by atoms with E-state index in [1.54, 1.807) is 10.8 Å². The Balaban J connectivity index is 1.50. The summed E-state index contributed by atoms with van der Waals surface area (Å²) >= 11 is 2.75. The topological polar surface area (TPSA) is 77.3 Å². The van der Waals surface area contributed by atoms with Gasteiger partial charge in [0.25, 0.3) is 5.56 Å². The number of hydrogen-bond acceptors (Lipinski definition) is 7. The van der Waals surface area contributed by atoms with Gasteiger partial charge in [-0.15, -0.1) is 11.3 Å². The highest BCUT2D eigenvalue weighted by molar-refractivity contribution is 7.99. The Kier molecular flexibility index (Phi) is 5.99. The number of rotatable bonds is 5. The zero-order chi connectivity index (χ0) is 21.4. The van der Waals surface area contributed by atoms with Gasteiger partial charge in [0.2, 0.25) is 5.91 Å². The minimum atomic E-state index is -0.0650. The van der Waals surface area contributed by atoms with Crippen molar-refractivity contribution in [3.63, 3.8) is 0 Å². The lowest BCUT2D eigenvalue weighted by Gasteiger charge is -2.33. The average Bonchev–Trinajstić information content (AvgIpc) is 3.42. The number of fused-ring (bicyclic) bond motifs is 3. The standard InChI is InChI=1S/C22H26N4O3S2/c1-14-6-2-3-10-25(14)17(27)13-30-22-24-18-16-8-4-9-23-20(16)31-19(18)21(28)26(22)12-15-7-5-11-29-15/h4,8-9,14-15H,2-3,5-7,10-13H2,1H3/t14-,15+/m0/s1. The predicted molar refractivity (Wildman–Crippen MR) is 124 cm³/mol. The highest BCUT2D eigenvalue weighted by Crippen LogP contribution is 2.31. The van der Waals surface area contributed by atoms with Crippen LogP contribution < -0.4 is 5.56 Å². The van der Waals surface area contributed by atoms with Crippen molar-refractivity contribution in [2.24, 2.45) is 0 Å². The van der Waals surface area contributed by atoms with Crippen molar-refractivity contribution >= 4 is 49.4 Å². The Labute approximate surface area is 188 Å². The SMILES string of the molecule is C[C@H]1CCCCN1C(=O)CSc1nc2c(sc3ncccc32)c(=O)n1C[C@H]1CCCO1. The number of amides is 1. The van der Waals surface area contributed by atoms with Crippen LogP contribution in [0.2, 0.25) is 0 Å². The predicted octanol–water partition coefficient (Wildman–Crippen LogP) is 3.68. The summed E-state index contributed by atoms with van der Waals surface area (Å²) in [6, 6.07) is 4.09. The Hall–Kier alpha value is -1.97. The largest absolute Gasteiger partial charge is 0.376 e. The molecule has 1 amide bonds. The first kappa shape index (κ1) is 20.9. The second-order valence-electron chi connectivity index (χ2n) is 8.30. The monoisotopic (exact) mass is 458 g/mol. The average molecular weight is 459 g/mol. The van der Waals surface area contributed by atoms with Crippen molar-refractivity contribution in [3.05, 3.63) is 28.7 Å². The molecule has 5 heterocycles. The summed E-state index contributed by atoms with van der Waals surface area (Å²) in [6.07, 6.45) is 6.98. The molecular weight excluding hydrogens is 432 g/mol. The lowest BCUT2D eigenvalue weighted by molar-refractivity contribution is -0.131. The molecule has 164 valence electrons. The molecule has 0 saturated carbocycles. The number of piperidine rings is 1. The van der Waals surface area contributed by atoms with Crippen LogP contribution in [-0.4, -0.2) is 56.4 Å². The van der Waals surface area contributed by atoms with Gasteiger partial charge in [-0.1, -0.05) is 11.8 Å². The van der Waals surface area contributed by atoms with Gasteiger partial charge in [-0.2, -0.15) is 0 Å². The van der Waals surface area contributed by atoms with E-state index >= 15 is 0 Å². The molecular formula is C22H26N4O3S2. The summed E-state index contributed by atoms with van der Waals surface area (Å²) in [5, 5.41) is 1.48. The zero-order valence-corrected chi connectivity index (χ0v) is 19.2. The van der Waals surface area contributed by atoms with E-state index in [4.69, 9.17) is 9.72 Å². The summed E-state index contributed by atoms with van der Waals surface area (Å²) in [5.41, 5.74) is 0.618. The van der Waals surface area contributed by atoms with Crippen LogP contribution in [0.3, 0.4) is 0 Å². The minimum Gasteiger partial charge on any atom is -0.376 e. The van der Waals surface area contributed by atoms with Gasteiger partial charge in [0.15, 0.2) is 5.16 Å². The van der Waals surface area contributed by atoms with Crippen LogP contribution in [0.15, 0.2) is 28.3 Å². The zero-order valence-electron chi connectivity index (χ0n) is 17.6. The van der Waals surface area contributed by atoms with Crippen LogP contribution in [0, 0.1) is 0 Å². The Bertz CT molecular complexity index is 1170. The minimum absolute atomic E-state index is 0.0154. The number of ether oxygens (including phenoxy) is 1. The first-order chi connectivity index (χ1) is 15.1. The van der Waals surface area contributed by atoms with Gasteiger partial charge in [-0.3, -0.25) is 14.2 Å². The summed E-state index contributed by atoms with van der Waals surface area (Å²) in [4.78, 5) is 38.4. The molecule has 2 saturated heterocycles. The molecule has 3 aromatic heterocycles. The van der Waals surface area contributed by atoms with E-state index in [0.717, 1.165) is 49.1 Å². The molecule has 0 aromatic carbocycles. The molecule has 0 bridgehead atoms. The first-order valence-corrected chi connectivity index (χ1v) is 12.7. The number of likely N-dealkylation sites (tertiary alicyclic amines) is 1. The van der Waals surface area contributed by atoms with Crippen molar-refractivity contribution < 1.29 is 9.53 Å². The number of pyridine rings is 1. The molecule has 2 aliphatic rings. The molecule has 0 aliphatic carbocycles. The van der Waals surface area contributed by atoms with E-state index in [-0.39, 0.29) is 29.4 Å². The van der Waals surface area contributed by atoms with Crippen LogP contribution in [0.5, 0.6) is 0 Å². The van der Waals surface area contributed by atoms with E-state index in [1.807, 2.05) is 17.0 Å². The number of thiophene rings is 1. The van der Waals surface area contributed by atoms with Gasteiger partial charge < -0.3 is 9.64 Å². The highest BCUT2D eigenvalue weighted by Gasteiger charge is 2.25. The van der Waals surface area contributed by atoms with Gasteiger partial charge in [-0.05, 0) is 51.2 Å². The third kappa shape index (κ3) is 4.10. The van der Waals surface area contributed by atoms with E-state index in [9.17, 15) is 9.59 Å². The summed E-state index contributed by atoms with van der Waals surface area (Å²) in [6.45, 7) is 4.14. The number of hydrogen-bond donors (Lipinski definition) is 0. The quantitative estimate of drug-likeness (QED) is 0.429. The number of aromatic nitrogens is 3. The van der Waals surface area contributed by atoms with Gasteiger partial charge in [0.1, 0.15) is 9.53 Å². The molecule has 2 aliphatic heterocycles. The normalized spacial score (nSPS) is 21.9. The van der Waals surface area contributed by atoms with Crippen molar-refractivity contribution in [2.45, 2.75) is 62.9 Å². The molecule has 0 unspecified atom stereocenters. The van der Waals surface area contributed by atoms with E-state index in [1.165, 1.54) is 29.5 Å². The molecule has 0 N–H and O–H groups in total. The molecule has 0 radical (unpaired) electrons. The molecule has 2 atom stereocenters. The highest BCUT2D eigenvalue weighted by atomic mass is 32.2. The fraction of sp³-hybridized carbons (Fsp3) is 0.545. The smallest absolute Gasteiger partial charge is 0.272 e. The molecule has 2 fully saturated rings. The summed E-state index contributed by atoms with van der Waals surface area (Å²) in [7, 11) is 0. The molecule has 5 rings (SSSR count). The lowest BCUT2D eigenvalue weighted by atomic mass is 10.0. The van der Waals surface area contributed by atoms with E-state index in [2.05, 4.69) is 11.9 Å². The summed E-state index contributed by atoms with van der Waals surface area (Å²) in [5.74, 6) is 0.403. The van der Waals surface area contributed by atoms with Crippen molar-refractivity contribution in [1.82, 2.24) is 19.4 Å². The maximum absolute atomic E-state index is 13.4. The Morgan fingerprint density at radius 1 is 1.32 bits per heavy atom. The number of thioether (sulfide) groups is 1. The van der Waals surface area contributed by atoms with Crippen molar-refractivity contribution in [3.8, 4) is 0 Å². The Morgan fingerprint density at radius 2 is 2.23 bits per heavy atom. The third-order valence-electron chi connectivity index (χ3n) is 6.18. The Morgan fingerprint density at radius 3 is 3.03 bits per heavy atom. The maximum atomic E-state index is 13.4. The third-order valence-corrected chi connectivity index (χ3v) is 8.23. The number of carbonyl (C=O) groups excluding carboxylic acids is 1. The van der Waals surface area contributed by atoms with Crippen molar-refractivity contribution in [2.75, 3.05) is 18.9 Å². The van der Waals surface area contributed by atoms with Gasteiger partial charge in [0, 0.05) is 30.8 Å².